The van der Waals surface area contributed by atoms with E-state index in [1.165, 1.54) is 0 Å². The van der Waals surface area contributed by atoms with Crippen LogP contribution in [0.4, 0.5) is 0 Å². The maximum absolute atomic E-state index is 5.49. The van der Waals surface area contributed by atoms with Gasteiger partial charge in [0.05, 0.1) is 12.7 Å². The molecule has 4 nitrogen and oxygen atoms in total. The molecule has 1 heterocycles. The van der Waals surface area contributed by atoms with Crippen LogP contribution in [-0.2, 0) is 4.74 Å². The van der Waals surface area contributed by atoms with Crippen LogP contribution in [0.5, 0.6) is 5.75 Å². The van der Waals surface area contributed by atoms with Crippen molar-refractivity contribution in [2.24, 2.45) is 0 Å². The summed E-state index contributed by atoms with van der Waals surface area (Å²) < 4.78 is 11.0. The fraction of sp³-hybridized carbons (Fsp3) is 0.562. The van der Waals surface area contributed by atoms with E-state index in [4.69, 9.17) is 9.47 Å². The molecule has 0 aromatic carbocycles. The molecule has 0 atom stereocenters. The highest BCUT2D eigenvalue weighted by molar-refractivity contribution is 6.76. The van der Waals surface area contributed by atoms with E-state index in [2.05, 4.69) is 36.5 Å². The van der Waals surface area contributed by atoms with E-state index in [1.54, 1.807) is 6.20 Å². The molecule has 0 unspecified atom stereocenters. The predicted octanol–water partition coefficient (Wildman–Crippen LogP) is 2.69. The second kappa shape index (κ2) is 8.83. The Labute approximate surface area is 129 Å². The second-order valence-electron chi connectivity index (χ2n) is 6.40. The zero-order valence-electron chi connectivity index (χ0n) is 13.8. The Hall–Kier alpha value is -1.35. The van der Waals surface area contributed by atoms with Crippen LogP contribution < -0.4 is 4.74 Å². The lowest BCUT2D eigenvalue weighted by molar-refractivity contribution is 0.0218. The third kappa shape index (κ3) is 9.24. The summed E-state index contributed by atoms with van der Waals surface area (Å²) in [4.78, 5) is 6.26. The molecule has 1 aromatic rings. The van der Waals surface area contributed by atoms with Gasteiger partial charge in [-0.2, -0.15) is 0 Å². The van der Waals surface area contributed by atoms with Crippen LogP contribution in [0.1, 0.15) is 5.69 Å². The lowest BCUT2D eigenvalue weighted by Gasteiger charge is -2.15. The van der Waals surface area contributed by atoms with Gasteiger partial charge >= 0.3 is 0 Å². The van der Waals surface area contributed by atoms with Gasteiger partial charge in [-0.1, -0.05) is 25.6 Å². The summed E-state index contributed by atoms with van der Waals surface area (Å²) in [5, 5.41) is 0. The predicted molar refractivity (Wildman–Crippen MR) is 89.3 cm³/mol. The van der Waals surface area contributed by atoms with Crippen molar-refractivity contribution in [3.05, 3.63) is 24.0 Å². The number of pyridine rings is 1. The first-order valence-electron chi connectivity index (χ1n) is 7.17. The quantitative estimate of drug-likeness (QED) is 0.336. The molecule has 1 aromatic heterocycles. The Morgan fingerprint density at radius 3 is 2.57 bits per heavy atom. The van der Waals surface area contributed by atoms with Gasteiger partial charge in [0.15, 0.2) is 6.79 Å². The van der Waals surface area contributed by atoms with Crippen molar-refractivity contribution in [1.29, 1.82) is 0 Å². The van der Waals surface area contributed by atoms with Crippen molar-refractivity contribution in [3.8, 4) is 17.6 Å². The Morgan fingerprint density at radius 1 is 1.24 bits per heavy atom. The van der Waals surface area contributed by atoms with Crippen LogP contribution >= 0.6 is 0 Å². The molecule has 21 heavy (non-hydrogen) atoms. The maximum atomic E-state index is 5.49. The second-order valence-corrected chi connectivity index (χ2v) is 12.0. The summed E-state index contributed by atoms with van der Waals surface area (Å²) in [5.41, 5.74) is 0.754. The lowest BCUT2D eigenvalue weighted by atomic mass is 10.3. The summed E-state index contributed by atoms with van der Waals surface area (Å²) in [6.07, 6.45) is 1.68. The summed E-state index contributed by atoms with van der Waals surface area (Å²) in [6.45, 7) is 8.76. The van der Waals surface area contributed by atoms with Crippen LogP contribution in [-0.4, -0.2) is 52.0 Å². The number of rotatable bonds is 7. The summed E-state index contributed by atoms with van der Waals surface area (Å²) in [6, 6.07) is 4.88. The third-order valence-corrected chi connectivity index (χ3v) is 4.36. The van der Waals surface area contributed by atoms with Gasteiger partial charge in [0.1, 0.15) is 11.4 Å². The Morgan fingerprint density at radius 2 is 2.00 bits per heavy atom. The van der Waals surface area contributed by atoms with Crippen molar-refractivity contribution in [3.63, 3.8) is 0 Å². The standard InChI is InChI=1S/C16H26N2O2Si/c1-18(2)10-6-7-15-8-9-16(13-17-15)20-14-19-11-12-21(3,4)5/h8-9,13H,10-12,14H2,1-5H3. The van der Waals surface area contributed by atoms with E-state index in [-0.39, 0.29) is 6.79 Å². The zero-order chi connectivity index (χ0) is 15.7. The minimum atomic E-state index is -1.03. The normalized spacial score (nSPS) is 11.1. The number of hydrogen-bond donors (Lipinski definition) is 0. The molecular formula is C16H26N2O2Si. The van der Waals surface area contributed by atoms with Crippen LogP contribution in [0.15, 0.2) is 18.3 Å². The first-order valence-corrected chi connectivity index (χ1v) is 10.9. The molecule has 0 aliphatic heterocycles. The number of aromatic nitrogens is 1. The number of nitrogens with zero attached hydrogens (tertiary/aromatic N) is 2. The van der Waals surface area contributed by atoms with E-state index in [9.17, 15) is 0 Å². The summed E-state index contributed by atoms with van der Waals surface area (Å²) >= 11 is 0. The van der Waals surface area contributed by atoms with Gasteiger partial charge < -0.3 is 9.47 Å². The molecule has 0 spiro atoms. The van der Waals surface area contributed by atoms with Crippen molar-refractivity contribution < 1.29 is 9.47 Å². The molecule has 0 amide bonds. The monoisotopic (exact) mass is 306 g/mol. The fourth-order valence-electron chi connectivity index (χ4n) is 1.37. The topological polar surface area (TPSA) is 34.6 Å². The minimum Gasteiger partial charge on any atom is -0.466 e. The minimum absolute atomic E-state index is 0.276. The molecule has 0 radical (unpaired) electrons. The van der Waals surface area contributed by atoms with Crippen molar-refractivity contribution in [2.45, 2.75) is 25.7 Å². The van der Waals surface area contributed by atoms with Gasteiger partial charge in [0.2, 0.25) is 0 Å². The van der Waals surface area contributed by atoms with Crippen molar-refractivity contribution in [1.82, 2.24) is 9.88 Å². The lowest BCUT2D eigenvalue weighted by Crippen LogP contribution is -2.22. The molecular weight excluding hydrogens is 280 g/mol. The molecule has 0 saturated carbocycles. The highest BCUT2D eigenvalue weighted by Crippen LogP contribution is 2.10. The molecule has 0 aliphatic carbocycles. The molecule has 5 heteroatoms. The maximum Gasteiger partial charge on any atom is 0.189 e. The highest BCUT2D eigenvalue weighted by Gasteiger charge is 2.11. The van der Waals surface area contributed by atoms with E-state index < -0.39 is 8.07 Å². The SMILES string of the molecule is CN(C)CC#Cc1ccc(OCOCC[Si](C)(C)C)cn1. The summed E-state index contributed by atoms with van der Waals surface area (Å²) in [5.74, 6) is 6.77. The first-order chi connectivity index (χ1) is 9.87. The van der Waals surface area contributed by atoms with Gasteiger partial charge in [-0.05, 0) is 38.2 Å². The van der Waals surface area contributed by atoms with E-state index in [0.717, 1.165) is 24.9 Å². The van der Waals surface area contributed by atoms with Gasteiger partial charge in [-0.3, -0.25) is 4.90 Å². The van der Waals surface area contributed by atoms with Crippen LogP contribution in [0.3, 0.4) is 0 Å². The number of ether oxygens (including phenoxy) is 2. The van der Waals surface area contributed by atoms with Crippen molar-refractivity contribution >= 4 is 8.07 Å². The fourth-order valence-corrected chi connectivity index (χ4v) is 2.13. The van der Waals surface area contributed by atoms with Gasteiger partial charge in [-0.25, -0.2) is 4.98 Å². The molecule has 1 rings (SSSR count). The van der Waals surface area contributed by atoms with Gasteiger partial charge in [-0.15, -0.1) is 0 Å². The Balaban J connectivity index is 2.29. The van der Waals surface area contributed by atoms with Gasteiger partial charge in [0.25, 0.3) is 0 Å². The smallest absolute Gasteiger partial charge is 0.189 e. The molecule has 116 valence electrons. The Kier molecular flexibility index (Phi) is 7.44. The number of hydrogen-bond acceptors (Lipinski definition) is 4. The van der Waals surface area contributed by atoms with Crippen LogP contribution in [0, 0.1) is 11.8 Å². The van der Waals surface area contributed by atoms with E-state index in [0.29, 0.717) is 5.75 Å². The van der Waals surface area contributed by atoms with E-state index >= 15 is 0 Å². The highest BCUT2D eigenvalue weighted by atomic mass is 28.3. The van der Waals surface area contributed by atoms with Crippen LogP contribution in [0.2, 0.25) is 25.7 Å². The summed E-state index contributed by atoms with van der Waals surface area (Å²) in [7, 11) is 2.95. The Bertz CT molecular complexity index is 470. The average molecular weight is 306 g/mol. The average Bonchev–Trinajstić information content (AvgIpc) is 2.38. The molecule has 0 fully saturated rings. The molecule has 0 N–H and O–H groups in total. The van der Waals surface area contributed by atoms with Crippen LogP contribution in [0.25, 0.3) is 0 Å². The van der Waals surface area contributed by atoms with E-state index in [1.807, 2.05) is 31.1 Å². The van der Waals surface area contributed by atoms with Crippen molar-refractivity contribution in [2.75, 3.05) is 34.0 Å². The molecule has 0 bridgehead atoms. The largest absolute Gasteiger partial charge is 0.466 e. The molecule has 0 aliphatic rings. The first kappa shape index (κ1) is 17.7. The zero-order valence-corrected chi connectivity index (χ0v) is 14.8. The third-order valence-electron chi connectivity index (χ3n) is 2.65. The van der Waals surface area contributed by atoms with Gasteiger partial charge in [0, 0.05) is 14.7 Å². The molecule has 0 saturated heterocycles.